The van der Waals surface area contributed by atoms with E-state index in [0.717, 1.165) is 11.0 Å². The number of benzene rings is 1. The molecule has 0 unspecified atom stereocenters. The summed E-state index contributed by atoms with van der Waals surface area (Å²) >= 11 is 3.47. The summed E-state index contributed by atoms with van der Waals surface area (Å²) in [6.45, 7) is 5.37. The number of hydrogen-bond donors (Lipinski definition) is 1. The first kappa shape index (κ1) is 14.5. The van der Waals surface area contributed by atoms with Crippen molar-refractivity contribution in [2.45, 2.75) is 38.8 Å². The molecule has 1 N–H and O–H groups in total. The Hall–Kier alpha value is -0.870. The van der Waals surface area contributed by atoms with Crippen LogP contribution in [0.4, 0.5) is 0 Å². The molecule has 0 radical (unpaired) electrons. The number of likely N-dealkylation sites (N-methyl/N-ethyl adjacent to an activating group) is 1. The predicted octanol–water partition coefficient (Wildman–Crippen LogP) is 3.11. The molecule has 1 aliphatic rings. The Morgan fingerprint density at radius 2 is 2.26 bits per heavy atom. The first-order valence-corrected chi connectivity index (χ1v) is 7.69. The van der Waals surface area contributed by atoms with E-state index in [-0.39, 0.29) is 11.9 Å². The molecule has 1 fully saturated rings. The van der Waals surface area contributed by atoms with Crippen LogP contribution in [0.2, 0.25) is 0 Å². The largest absolute Gasteiger partial charge is 0.339 e. The summed E-state index contributed by atoms with van der Waals surface area (Å²) < 4.78 is 1.07. The van der Waals surface area contributed by atoms with Crippen molar-refractivity contribution in [3.8, 4) is 0 Å². The summed E-state index contributed by atoms with van der Waals surface area (Å²) in [5.41, 5.74) is 1.19. The molecule has 4 heteroatoms. The Labute approximate surface area is 123 Å². The maximum Gasteiger partial charge on any atom is 0.236 e. The molecule has 104 valence electrons. The van der Waals surface area contributed by atoms with Gasteiger partial charge in [-0.05, 0) is 44.4 Å². The van der Waals surface area contributed by atoms with Gasteiger partial charge in [-0.25, -0.2) is 0 Å². The van der Waals surface area contributed by atoms with Crippen LogP contribution in [-0.4, -0.2) is 29.9 Å². The van der Waals surface area contributed by atoms with Crippen LogP contribution < -0.4 is 5.32 Å². The predicted molar refractivity (Wildman–Crippen MR) is 81.0 cm³/mol. The Bertz CT molecular complexity index is 446. The molecule has 0 bridgehead atoms. The number of carbonyl (C=O) groups excluding carboxylic acids is 1. The fourth-order valence-corrected chi connectivity index (χ4v) is 2.68. The molecule has 19 heavy (non-hydrogen) atoms. The normalized spacial score (nSPS) is 16.2. The van der Waals surface area contributed by atoms with E-state index in [4.69, 9.17) is 0 Å². The molecule has 1 aliphatic carbocycles. The minimum Gasteiger partial charge on any atom is -0.339 e. The van der Waals surface area contributed by atoms with Crippen LogP contribution in [0.25, 0.3) is 0 Å². The van der Waals surface area contributed by atoms with Gasteiger partial charge in [-0.3, -0.25) is 4.79 Å². The molecule has 0 spiro atoms. The summed E-state index contributed by atoms with van der Waals surface area (Å²) in [6.07, 6.45) is 2.33. The van der Waals surface area contributed by atoms with Gasteiger partial charge in [-0.1, -0.05) is 28.1 Å². The molecule has 1 aromatic carbocycles. The summed E-state index contributed by atoms with van der Waals surface area (Å²) in [5, 5.41) is 3.31. The van der Waals surface area contributed by atoms with Crippen molar-refractivity contribution in [3.05, 3.63) is 34.3 Å². The first-order valence-electron chi connectivity index (χ1n) is 6.90. The average Bonchev–Trinajstić information content (AvgIpc) is 3.21. The third-order valence-corrected chi connectivity index (χ3v) is 4.05. The number of rotatable bonds is 6. The van der Waals surface area contributed by atoms with Gasteiger partial charge in [0.1, 0.15) is 0 Å². The van der Waals surface area contributed by atoms with Gasteiger partial charge in [-0.2, -0.15) is 0 Å². The van der Waals surface area contributed by atoms with Crippen LogP contribution in [0.1, 0.15) is 38.3 Å². The molecular formula is C15H21BrN2O. The zero-order chi connectivity index (χ0) is 13.8. The van der Waals surface area contributed by atoms with E-state index in [1.807, 2.05) is 24.0 Å². The van der Waals surface area contributed by atoms with Crippen molar-refractivity contribution in [2.75, 3.05) is 13.1 Å². The SMILES string of the molecule is CCN(C(=O)CN[C@@H](C)c1cccc(Br)c1)C1CC1. The second-order valence-corrected chi connectivity index (χ2v) is 5.98. The summed E-state index contributed by atoms with van der Waals surface area (Å²) in [7, 11) is 0. The van der Waals surface area contributed by atoms with Crippen LogP contribution in [0, 0.1) is 0 Å². The number of nitrogens with one attached hydrogen (secondary N) is 1. The monoisotopic (exact) mass is 324 g/mol. The van der Waals surface area contributed by atoms with Crippen molar-refractivity contribution >= 4 is 21.8 Å². The van der Waals surface area contributed by atoms with E-state index in [0.29, 0.717) is 12.6 Å². The maximum absolute atomic E-state index is 12.1. The van der Waals surface area contributed by atoms with Gasteiger partial charge in [0.05, 0.1) is 6.54 Å². The van der Waals surface area contributed by atoms with Crippen LogP contribution in [-0.2, 0) is 4.79 Å². The molecule has 1 amide bonds. The highest BCUT2D eigenvalue weighted by atomic mass is 79.9. The molecular weight excluding hydrogens is 304 g/mol. The van der Waals surface area contributed by atoms with E-state index in [9.17, 15) is 4.79 Å². The van der Waals surface area contributed by atoms with Crippen molar-refractivity contribution in [1.29, 1.82) is 0 Å². The van der Waals surface area contributed by atoms with E-state index in [1.165, 1.54) is 18.4 Å². The Morgan fingerprint density at radius 1 is 1.53 bits per heavy atom. The van der Waals surface area contributed by atoms with Crippen LogP contribution in [0.15, 0.2) is 28.7 Å². The number of carbonyl (C=O) groups is 1. The highest BCUT2D eigenvalue weighted by Crippen LogP contribution is 2.26. The van der Waals surface area contributed by atoms with Crippen molar-refractivity contribution in [2.24, 2.45) is 0 Å². The minimum atomic E-state index is 0.180. The lowest BCUT2D eigenvalue weighted by molar-refractivity contribution is -0.130. The van der Waals surface area contributed by atoms with E-state index in [2.05, 4.69) is 40.3 Å². The van der Waals surface area contributed by atoms with Gasteiger partial charge < -0.3 is 10.2 Å². The Kier molecular flexibility index (Phi) is 4.99. The quantitative estimate of drug-likeness (QED) is 0.872. The average molecular weight is 325 g/mol. The number of nitrogens with zero attached hydrogens (tertiary/aromatic N) is 1. The zero-order valence-corrected chi connectivity index (χ0v) is 13.1. The summed E-state index contributed by atoms with van der Waals surface area (Å²) in [5.74, 6) is 0.215. The third-order valence-electron chi connectivity index (χ3n) is 3.56. The van der Waals surface area contributed by atoms with Gasteiger partial charge >= 0.3 is 0 Å². The topological polar surface area (TPSA) is 32.3 Å². The second kappa shape index (κ2) is 6.53. The summed E-state index contributed by atoms with van der Waals surface area (Å²) in [6, 6.07) is 8.86. The second-order valence-electron chi connectivity index (χ2n) is 5.07. The highest BCUT2D eigenvalue weighted by molar-refractivity contribution is 9.10. The summed E-state index contributed by atoms with van der Waals surface area (Å²) in [4.78, 5) is 14.1. The molecule has 1 atom stereocenters. The number of hydrogen-bond acceptors (Lipinski definition) is 2. The van der Waals surface area contributed by atoms with Crippen molar-refractivity contribution in [1.82, 2.24) is 10.2 Å². The van der Waals surface area contributed by atoms with E-state index in [1.54, 1.807) is 0 Å². The van der Waals surface area contributed by atoms with Crippen molar-refractivity contribution < 1.29 is 4.79 Å². The van der Waals surface area contributed by atoms with Crippen LogP contribution >= 0.6 is 15.9 Å². The number of amides is 1. The van der Waals surface area contributed by atoms with Gasteiger partial charge in [0.25, 0.3) is 0 Å². The fraction of sp³-hybridized carbons (Fsp3) is 0.533. The molecule has 1 aromatic rings. The minimum absolute atomic E-state index is 0.180. The van der Waals surface area contributed by atoms with Crippen LogP contribution in [0.5, 0.6) is 0 Å². The fourth-order valence-electron chi connectivity index (χ4n) is 2.26. The molecule has 2 rings (SSSR count). The zero-order valence-electron chi connectivity index (χ0n) is 11.5. The molecule has 0 aliphatic heterocycles. The maximum atomic E-state index is 12.1. The molecule has 1 saturated carbocycles. The van der Waals surface area contributed by atoms with Gasteiger partial charge in [0, 0.05) is 23.1 Å². The van der Waals surface area contributed by atoms with E-state index < -0.39 is 0 Å². The van der Waals surface area contributed by atoms with Gasteiger partial charge in [0.15, 0.2) is 0 Å². The Morgan fingerprint density at radius 3 is 2.84 bits per heavy atom. The van der Waals surface area contributed by atoms with Crippen LogP contribution in [0.3, 0.4) is 0 Å². The Balaban J connectivity index is 1.85. The molecule has 0 heterocycles. The molecule has 3 nitrogen and oxygen atoms in total. The first-order chi connectivity index (χ1) is 9.11. The molecule has 0 saturated heterocycles. The standard InChI is InChI=1S/C15H21BrN2O/c1-3-18(14-7-8-14)15(19)10-17-11(2)12-5-4-6-13(16)9-12/h4-6,9,11,14,17H,3,7-8,10H2,1-2H3/t11-/m0/s1. The van der Waals surface area contributed by atoms with Crippen molar-refractivity contribution in [3.63, 3.8) is 0 Å². The smallest absolute Gasteiger partial charge is 0.236 e. The lowest BCUT2D eigenvalue weighted by atomic mass is 10.1. The molecule has 0 aromatic heterocycles. The van der Waals surface area contributed by atoms with E-state index >= 15 is 0 Å². The number of halogens is 1. The lowest BCUT2D eigenvalue weighted by Gasteiger charge is -2.22. The van der Waals surface area contributed by atoms with Gasteiger partial charge in [0.2, 0.25) is 5.91 Å². The van der Waals surface area contributed by atoms with Gasteiger partial charge in [-0.15, -0.1) is 0 Å². The third kappa shape index (κ3) is 4.05. The lowest BCUT2D eigenvalue weighted by Crippen LogP contribution is -2.40. The highest BCUT2D eigenvalue weighted by Gasteiger charge is 2.31.